The van der Waals surface area contributed by atoms with Gasteiger partial charge in [-0.3, -0.25) is 9.59 Å². The summed E-state index contributed by atoms with van der Waals surface area (Å²) in [5.74, 6) is -1.24. The topological polar surface area (TPSA) is 111 Å². The maximum atomic E-state index is 13.6. The van der Waals surface area contributed by atoms with Gasteiger partial charge >= 0.3 is 0 Å². The van der Waals surface area contributed by atoms with Gasteiger partial charge in [-0.1, -0.05) is 18.2 Å². The van der Waals surface area contributed by atoms with Gasteiger partial charge in [0.25, 0.3) is 5.91 Å². The summed E-state index contributed by atoms with van der Waals surface area (Å²) in [6.45, 7) is 4.24. The number of aryl methyl sites for hydroxylation is 1. The highest BCUT2D eigenvalue weighted by Gasteiger charge is 2.39. The van der Waals surface area contributed by atoms with Gasteiger partial charge in [0.2, 0.25) is 6.29 Å². The molecule has 8 nitrogen and oxygen atoms in total. The molecule has 5 aromatic rings. The van der Waals surface area contributed by atoms with Gasteiger partial charge in [0.15, 0.2) is 11.2 Å². The number of carbonyl (C=O) groups excluding carboxylic acids is 1. The minimum absolute atomic E-state index is 0.0158. The molecule has 1 amide bonds. The Balaban J connectivity index is 1.29. The number of para-hydroxylation sites is 1. The predicted octanol–water partition coefficient (Wildman–Crippen LogP) is 6.77. The fraction of sp³-hybridized carbons (Fsp3) is 0.265. The molecule has 3 heterocycles. The summed E-state index contributed by atoms with van der Waals surface area (Å²) in [5, 5.41) is 13.8. The number of rotatable bonds is 9. The second-order valence-electron chi connectivity index (χ2n) is 10.6. The van der Waals surface area contributed by atoms with E-state index >= 15 is 0 Å². The summed E-state index contributed by atoms with van der Waals surface area (Å²) in [5.41, 5.74) is 4.42. The van der Waals surface area contributed by atoms with Crippen molar-refractivity contribution in [1.82, 2.24) is 4.98 Å². The number of hydrogen-bond donors (Lipinski definition) is 2. The van der Waals surface area contributed by atoms with Gasteiger partial charge < -0.3 is 24.3 Å². The zero-order chi connectivity index (χ0) is 29.9. The van der Waals surface area contributed by atoms with Crippen molar-refractivity contribution in [2.24, 2.45) is 5.92 Å². The van der Waals surface area contributed by atoms with E-state index in [1.807, 2.05) is 43.3 Å². The van der Waals surface area contributed by atoms with Gasteiger partial charge in [0.05, 0.1) is 21.9 Å². The predicted molar refractivity (Wildman–Crippen MR) is 168 cm³/mol. The van der Waals surface area contributed by atoms with Crippen LogP contribution in [0.1, 0.15) is 36.8 Å². The summed E-state index contributed by atoms with van der Waals surface area (Å²) < 4.78 is 19.0. The minimum atomic E-state index is -0.789. The smallest absolute Gasteiger partial charge is 0.290 e. The molecule has 43 heavy (non-hydrogen) atoms. The van der Waals surface area contributed by atoms with E-state index in [0.29, 0.717) is 41.7 Å². The molecule has 0 radical (unpaired) electrons. The molecule has 3 aromatic carbocycles. The molecule has 220 valence electrons. The molecule has 0 unspecified atom stereocenters. The number of nitrogens with zero attached hydrogens (tertiary/aromatic N) is 1. The molecule has 6 rings (SSSR count). The Kier molecular flexibility index (Phi) is 8.38. The number of aliphatic hydroxyl groups excluding tert-OH is 1. The first-order chi connectivity index (χ1) is 20.9. The van der Waals surface area contributed by atoms with Crippen molar-refractivity contribution in [3.8, 4) is 10.6 Å². The van der Waals surface area contributed by atoms with Crippen LogP contribution in [-0.2, 0) is 14.3 Å². The van der Waals surface area contributed by atoms with Crippen molar-refractivity contribution in [1.29, 1.82) is 0 Å². The van der Waals surface area contributed by atoms with E-state index in [1.165, 1.54) is 11.8 Å². The van der Waals surface area contributed by atoms with Gasteiger partial charge in [0.1, 0.15) is 10.6 Å². The van der Waals surface area contributed by atoms with E-state index in [0.717, 1.165) is 20.8 Å². The van der Waals surface area contributed by atoms with Crippen LogP contribution in [0.3, 0.4) is 0 Å². The lowest BCUT2D eigenvalue weighted by molar-refractivity contribution is -0.165. The summed E-state index contributed by atoms with van der Waals surface area (Å²) in [6, 6.07) is 20.8. The largest absolute Gasteiger partial charge is 0.464 e. The Morgan fingerprint density at radius 2 is 1.93 bits per heavy atom. The van der Waals surface area contributed by atoms with Crippen LogP contribution in [0, 0.1) is 12.8 Å². The molecule has 0 spiro atoms. The van der Waals surface area contributed by atoms with Gasteiger partial charge in [-0.2, -0.15) is 0 Å². The fourth-order valence-electron chi connectivity index (χ4n) is 5.49. The number of thiazole rings is 1. The number of anilines is 1. The molecule has 0 aliphatic carbocycles. The molecule has 2 N–H and O–H groups in total. The number of aliphatic hydroxyl groups is 1. The summed E-state index contributed by atoms with van der Waals surface area (Å²) >= 11 is 1.63. The number of nitrogens with one attached hydrogen (secondary N) is 1. The molecule has 0 bridgehead atoms. The average molecular weight is 597 g/mol. The molecule has 0 fully saturated rings. The first-order valence-electron chi connectivity index (χ1n) is 14.4. The standard InChI is InChI=1S/C34H32N2O6S/c1-3-40-34-23(8-6-16-37)25(26-19-41-28-9-5-4-7-24(28)31(26)38)18-29(42-34)32(39)35-22-13-11-21(12-14-22)33-36-27-15-10-20(2)17-30(27)43-33/h4-5,7,9-15,17-19,23,25,34,37H,3,6,8,16H2,1-2H3,(H,35,39)/t23-,25-,34+/m0/s1. The van der Waals surface area contributed by atoms with Crippen LogP contribution in [0.5, 0.6) is 0 Å². The number of fused-ring (bicyclic) bond motifs is 2. The molecular weight excluding hydrogens is 564 g/mol. The Morgan fingerprint density at radius 1 is 1.12 bits per heavy atom. The van der Waals surface area contributed by atoms with Crippen LogP contribution in [-0.4, -0.2) is 35.5 Å². The van der Waals surface area contributed by atoms with Crippen LogP contribution < -0.4 is 10.7 Å². The molecular formula is C34H32N2O6S. The number of hydrogen-bond acceptors (Lipinski definition) is 8. The van der Waals surface area contributed by atoms with Gasteiger partial charge in [-0.25, -0.2) is 4.98 Å². The van der Waals surface area contributed by atoms with Crippen molar-refractivity contribution in [3.63, 3.8) is 0 Å². The zero-order valence-electron chi connectivity index (χ0n) is 23.9. The highest BCUT2D eigenvalue weighted by atomic mass is 32.1. The van der Waals surface area contributed by atoms with Crippen molar-refractivity contribution in [3.05, 3.63) is 106 Å². The first kappa shape index (κ1) is 28.8. The molecule has 2 aromatic heterocycles. The summed E-state index contributed by atoms with van der Waals surface area (Å²) in [4.78, 5) is 31.8. The number of benzene rings is 3. The second-order valence-corrected chi connectivity index (χ2v) is 11.6. The van der Waals surface area contributed by atoms with Gasteiger partial charge in [0, 0.05) is 41.9 Å². The molecule has 3 atom stereocenters. The fourth-order valence-corrected chi connectivity index (χ4v) is 6.56. The first-order valence-corrected chi connectivity index (χ1v) is 15.2. The van der Waals surface area contributed by atoms with Crippen molar-refractivity contribution in [2.75, 3.05) is 18.5 Å². The molecule has 9 heteroatoms. The lowest BCUT2D eigenvalue weighted by Crippen LogP contribution is -2.38. The Hall–Kier alpha value is -4.31. The van der Waals surface area contributed by atoms with E-state index in [4.69, 9.17) is 18.9 Å². The summed E-state index contributed by atoms with van der Waals surface area (Å²) in [6.07, 6.45) is 3.36. The van der Waals surface area contributed by atoms with E-state index in [9.17, 15) is 14.7 Å². The van der Waals surface area contributed by atoms with Crippen LogP contribution >= 0.6 is 11.3 Å². The number of aromatic nitrogens is 1. The van der Waals surface area contributed by atoms with Crippen LogP contribution in [0.2, 0.25) is 0 Å². The lowest BCUT2D eigenvalue weighted by Gasteiger charge is -2.36. The average Bonchev–Trinajstić information content (AvgIpc) is 3.44. The van der Waals surface area contributed by atoms with Crippen molar-refractivity contribution < 1.29 is 23.8 Å². The van der Waals surface area contributed by atoms with E-state index < -0.39 is 18.1 Å². The Labute approximate surface area is 252 Å². The van der Waals surface area contributed by atoms with Crippen LogP contribution in [0.4, 0.5) is 5.69 Å². The third-order valence-electron chi connectivity index (χ3n) is 7.63. The Bertz CT molecular complexity index is 1860. The SMILES string of the molecule is CCO[C@@H]1OC(C(=O)Nc2ccc(-c3nc4ccc(C)cc4s3)cc2)=C[C@H](c2coc3ccccc3c2=O)[C@@H]1CCCO. The van der Waals surface area contributed by atoms with Crippen molar-refractivity contribution in [2.45, 2.75) is 38.9 Å². The minimum Gasteiger partial charge on any atom is -0.464 e. The van der Waals surface area contributed by atoms with Crippen LogP contribution in [0.15, 0.2) is 94.0 Å². The molecule has 1 aliphatic heterocycles. The summed E-state index contributed by atoms with van der Waals surface area (Å²) in [7, 11) is 0. The highest BCUT2D eigenvalue weighted by Crippen LogP contribution is 2.39. The number of amides is 1. The second kappa shape index (κ2) is 12.5. The van der Waals surface area contributed by atoms with Gasteiger partial charge in [-0.05, 0) is 86.9 Å². The van der Waals surface area contributed by atoms with Gasteiger partial charge in [-0.15, -0.1) is 11.3 Å². The lowest BCUT2D eigenvalue weighted by atomic mass is 9.81. The molecule has 0 saturated carbocycles. The van der Waals surface area contributed by atoms with Crippen LogP contribution in [0.25, 0.3) is 31.8 Å². The number of ether oxygens (including phenoxy) is 2. The molecule has 0 saturated heterocycles. The van der Waals surface area contributed by atoms with Crippen molar-refractivity contribution >= 4 is 44.1 Å². The maximum absolute atomic E-state index is 13.6. The number of carbonyl (C=O) groups is 1. The Morgan fingerprint density at radius 3 is 2.72 bits per heavy atom. The maximum Gasteiger partial charge on any atom is 0.290 e. The zero-order valence-corrected chi connectivity index (χ0v) is 24.7. The third kappa shape index (κ3) is 5.97. The quantitative estimate of drug-likeness (QED) is 0.193. The van der Waals surface area contributed by atoms with E-state index in [2.05, 4.69) is 24.4 Å². The highest BCUT2D eigenvalue weighted by molar-refractivity contribution is 7.21. The molecule has 1 aliphatic rings. The third-order valence-corrected chi connectivity index (χ3v) is 8.70. The monoisotopic (exact) mass is 596 g/mol. The van der Waals surface area contributed by atoms with E-state index in [-0.39, 0.29) is 23.7 Å². The number of allylic oxidation sites excluding steroid dienone is 1. The normalized spacial score (nSPS) is 18.4. The van der Waals surface area contributed by atoms with E-state index in [1.54, 1.807) is 35.6 Å².